The molecule has 5 aromatic heterocycles. The van der Waals surface area contributed by atoms with Crippen LogP contribution in [-0.4, -0.2) is 104 Å². The molecule has 1 atom stereocenters. The average Bonchev–Trinajstić information content (AvgIpc) is 1.68. The predicted octanol–water partition coefficient (Wildman–Crippen LogP) is 23.8. The lowest BCUT2D eigenvalue weighted by atomic mass is 9.89. The van der Waals surface area contributed by atoms with Crippen molar-refractivity contribution < 1.29 is 120 Å². The maximum atomic E-state index is 13.2. The van der Waals surface area contributed by atoms with E-state index in [-0.39, 0.29) is 124 Å². The number of pyridine rings is 4. The van der Waals surface area contributed by atoms with Crippen molar-refractivity contribution in [2.75, 3.05) is 33.2 Å². The summed E-state index contributed by atoms with van der Waals surface area (Å²) >= 11 is 30.8. The molecule has 5 aromatic carbocycles. The second-order valence-corrected chi connectivity index (χ2v) is 32.6. The number of fused-ring (bicyclic) bond motifs is 5. The molecular formula is C89H78Cl5F10N11O16. The molecule has 3 fully saturated rings. The number of amides is 5. The molecule has 42 heteroatoms. The Morgan fingerprint density at radius 2 is 0.618 bits per heavy atom. The van der Waals surface area contributed by atoms with Gasteiger partial charge in [-0.05, 0) is 137 Å². The molecule has 5 amide bonds. The van der Waals surface area contributed by atoms with Crippen LogP contribution in [0.5, 0.6) is 57.5 Å². The van der Waals surface area contributed by atoms with Crippen molar-refractivity contribution in [3.05, 3.63) is 171 Å². The third-order valence-corrected chi connectivity index (χ3v) is 22.4. The fraction of sp³-hybridized carbons (Fsp3) is 0.337. The zero-order valence-corrected chi connectivity index (χ0v) is 72.9. The summed E-state index contributed by atoms with van der Waals surface area (Å²) < 4.78 is 181. The number of benzene rings is 5. The molecule has 18 rings (SSSR count). The van der Waals surface area contributed by atoms with Gasteiger partial charge in [-0.3, -0.25) is 29.0 Å². The first-order valence-electron chi connectivity index (χ1n) is 41.3. The number of alkyl halides is 10. The van der Waals surface area contributed by atoms with Crippen LogP contribution in [0.1, 0.15) is 136 Å². The maximum Gasteiger partial charge on any atom is 0.586 e. The lowest BCUT2D eigenvalue weighted by molar-refractivity contribution is -0.287. The zero-order chi connectivity index (χ0) is 93.1. The van der Waals surface area contributed by atoms with Gasteiger partial charge in [0.15, 0.2) is 63.3 Å². The molecule has 8 aliphatic rings. The Labute approximate surface area is 765 Å². The van der Waals surface area contributed by atoms with E-state index < -0.39 is 37.6 Å². The van der Waals surface area contributed by atoms with E-state index in [9.17, 15) is 67.9 Å². The van der Waals surface area contributed by atoms with E-state index in [0.717, 1.165) is 89.9 Å². The number of rotatable bonds is 19. The Hall–Kier alpha value is -12.2. The van der Waals surface area contributed by atoms with E-state index >= 15 is 0 Å². The SMILES string of the molecule is CCCC(=O)Nc1cnc(-c2cc3c(cc2Cl)OC(F)(F)O3)cn1.CCCCCC(=O)Nc1ccc(-c2cc3c(cc2Cl)OC(F)(F)O3)cn1.O=C(Nc1ccc(-c2cc3c(cc2Cl)OC(F)(F)O3)cn1)C1CCCCC1.O=C(Nc1ccc(-c2cc3c(cc2Cl)OC(F)(F)O3)cn1)C1CCCCC1.O=C(Nc1ccc(-c2cc3c(cc2Cl)OC(F)(F)O3)cn1)C1CCCCO1. The van der Waals surface area contributed by atoms with E-state index in [2.05, 4.69) is 111 Å². The molecule has 5 N–H and O–H groups in total. The van der Waals surface area contributed by atoms with E-state index in [1.807, 2.05) is 6.92 Å². The van der Waals surface area contributed by atoms with Gasteiger partial charge < -0.3 is 78.7 Å². The van der Waals surface area contributed by atoms with Crippen LogP contribution in [0, 0.1) is 11.8 Å². The lowest BCUT2D eigenvalue weighted by Crippen LogP contribution is -2.33. The first-order chi connectivity index (χ1) is 62.5. The largest absolute Gasteiger partial charge is 0.586 e. The number of hydrogen-bond donors (Lipinski definition) is 5. The van der Waals surface area contributed by atoms with Crippen molar-refractivity contribution >= 4 is 117 Å². The van der Waals surface area contributed by atoms with Crippen molar-refractivity contribution in [2.24, 2.45) is 11.8 Å². The Morgan fingerprint density at radius 3 is 0.924 bits per heavy atom. The summed E-state index contributed by atoms with van der Waals surface area (Å²) in [5, 5.41) is 14.7. The lowest BCUT2D eigenvalue weighted by Gasteiger charge is -2.21. The number of nitrogens with one attached hydrogen (secondary N) is 5. The molecular weight excluding hydrogens is 1850 g/mol. The van der Waals surface area contributed by atoms with Crippen molar-refractivity contribution in [3.8, 4) is 113 Å². The number of carbonyl (C=O) groups excluding carboxylic acids is 5. The summed E-state index contributed by atoms with van der Waals surface area (Å²) in [6.07, 6.45) is 7.07. The fourth-order valence-electron chi connectivity index (χ4n) is 14.5. The summed E-state index contributed by atoms with van der Waals surface area (Å²) in [5.41, 5.74) is 4.98. The van der Waals surface area contributed by atoms with Crippen LogP contribution in [0.2, 0.25) is 25.1 Å². The van der Waals surface area contributed by atoms with Gasteiger partial charge in [-0.1, -0.05) is 123 Å². The number of hydrogen-bond acceptors (Lipinski definition) is 22. The quantitative estimate of drug-likeness (QED) is 0.0371. The van der Waals surface area contributed by atoms with Crippen molar-refractivity contribution in [3.63, 3.8) is 0 Å². The molecule has 131 heavy (non-hydrogen) atoms. The number of nitrogens with zero attached hydrogens (tertiary/aromatic N) is 6. The highest BCUT2D eigenvalue weighted by molar-refractivity contribution is 6.35. The molecule has 0 spiro atoms. The van der Waals surface area contributed by atoms with Gasteiger partial charge in [0.25, 0.3) is 5.91 Å². The van der Waals surface area contributed by atoms with Gasteiger partial charge in [-0.25, -0.2) is 24.9 Å². The van der Waals surface area contributed by atoms with E-state index in [1.165, 1.54) is 111 Å². The Kier molecular flexibility index (Phi) is 29.8. The van der Waals surface area contributed by atoms with Gasteiger partial charge in [0.05, 0.1) is 43.2 Å². The minimum absolute atomic E-state index is 0.0155. The molecule has 2 saturated carbocycles. The van der Waals surface area contributed by atoms with Crippen LogP contribution < -0.4 is 74.0 Å². The summed E-state index contributed by atoms with van der Waals surface area (Å²) in [5.74, 6) is 0.358. The maximum absolute atomic E-state index is 13.2. The van der Waals surface area contributed by atoms with E-state index in [1.54, 1.807) is 48.5 Å². The van der Waals surface area contributed by atoms with Crippen LogP contribution in [0.3, 0.4) is 0 Å². The van der Waals surface area contributed by atoms with Gasteiger partial charge in [0.1, 0.15) is 29.4 Å². The minimum Gasteiger partial charge on any atom is -0.395 e. The van der Waals surface area contributed by atoms with Crippen molar-refractivity contribution in [1.82, 2.24) is 29.9 Å². The number of anilines is 5. The first-order valence-corrected chi connectivity index (χ1v) is 43.2. The Balaban J connectivity index is 0.000000132. The topological polar surface area (TPSA) is 324 Å². The second kappa shape index (κ2) is 41.1. The van der Waals surface area contributed by atoms with Gasteiger partial charge >= 0.3 is 31.5 Å². The molecule has 690 valence electrons. The molecule has 1 unspecified atom stereocenters. The molecule has 1 saturated heterocycles. The fourth-order valence-corrected chi connectivity index (χ4v) is 15.8. The molecule has 6 aliphatic heterocycles. The van der Waals surface area contributed by atoms with Crippen LogP contribution in [-0.2, 0) is 28.7 Å². The van der Waals surface area contributed by atoms with E-state index in [4.69, 9.17) is 62.7 Å². The van der Waals surface area contributed by atoms with Crippen LogP contribution in [0.4, 0.5) is 73.0 Å². The summed E-state index contributed by atoms with van der Waals surface area (Å²) in [4.78, 5) is 85.1. The number of halogens is 15. The van der Waals surface area contributed by atoms with Gasteiger partial charge in [0.2, 0.25) is 23.6 Å². The molecule has 10 aromatic rings. The normalized spacial score (nSPS) is 17.2. The molecule has 11 heterocycles. The van der Waals surface area contributed by atoms with Crippen molar-refractivity contribution in [1.29, 1.82) is 0 Å². The van der Waals surface area contributed by atoms with Gasteiger partial charge in [-0.15, -0.1) is 43.9 Å². The first kappa shape index (κ1) is 94.9. The Morgan fingerprint density at radius 1 is 0.321 bits per heavy atom. The number of carbonyl (C=O) groups is 5. The molecule has 0 bridgehead atoms. The highest BCUT2D eigenvalue weighted by atomic mass is 35.5. The molecule has 27 nitrogen and oxygen atoms in total. The Bertz CT molecular complexity index is 5500. The number of aromatic nitrogens is 6. The smallest absolute Gasteiger partial charge is 0.395 e. The van der Waals surface area contributed by atoms with Crippen LogP contribution in [0.25, 0.3) is 55.8 Å². The number of ether oxygens (including phenoxy) is 11. The monoisotopic (exact) mass is 1920 g/mol. The highest BCUT2D eigenvalue weighted by Gasteiger charge is 2.48. The molecule has 0 radical (unpaired) electrons. The van der Waals surface area contributed by atoms with E-state index in [0.29, 0.717) is 111 Å². The van der Waals surface area contributed by atoms with Crippen LogP contribution >= 0.6 is 58.0 Å². The average molecular weight is 1920 g/mol. The summed E-state index contributed by atoms with van der Waals surface area (Å²) in [6, 6.07) is 26.5. The third kappa shape index (κ3) is 24.9. The van der Waals surface area contributed by atoms with Crippen molar-refractivity contribution in [2.45, 2.75) is 173 Å². The molecule has 2 aliphatic carbocycles. The van der Waals surface area contributed by atoms with Gasteiger partial charge in [-0.2, -0.15) is 0 Å². The third-order valence-electron chi connectivity index (χ3n) is 20.9. The van der Waals surface area contributed by atoms with Crippen LogP contribution in [0.15, 0.2) is 146 Å². The summed E-state index contributed by atoms with van der Waals surface area (Å²) in [7, 11) is 0. The predicted molar refractivity (Wildman–Crippen MR) is 461 cm³/mol. The summed E-state index contributed by atoms with van der Waals surface area (Å²) in [6.45, 7) is 4.53. The minimum atomic E-state index is -3.72. The highest BCUT2D eigenvalue weighted by Crippen LogP contribution is 2.52. The zero-order valence-electron chi connectivity index (χ0n) is 69.1. The van der Waals surface area contributed by atoms with Gasteiger partial charge in [0, 0.05) is 136 Å². The standard InChI is InChI=1S/2C19H17ClF2N2O3.C18H15ClF2N2O4.C18H17ClF2N2O3.C15H12ClF2N3O3/c2*20-14-9-16-15(26-19(21,22)27-16)8-13(14)12-6-7-17(23-10-12)24-18(25)11-4-2-1-3-5-11;19-12-8-15-14(26-18(20,21)27-15)7-11(12)10-4-5-16(22-9-10)23-17(24)13-3-1-2-6-25-13;1-2-3-4-5-17(24)23-16-7-6-11(10-22-16)12-8-14-15(9-13(12)19)26-18(20,21)25-14;1-2-3-14(22)21-13-7-19-10(6-20-13)8-4-11-12(5-9(8)16)24-15(17,18)23-11/h2*6-11H,1-5H2,(H,23,24,25);4-5,7-9,13H,1-3,6H2,(H,22,23,24);6-10H,2-5H2,1H3,(H,22,23,24);4-7H,2-3H2,1H3,(H,20,21,22). The second-order valence-electron chi connectivity index (χ2n) is 30.5. The number of unbranched alkanes of at least 4 members (excludes halogenated alkanes) is 2.